The molecule has 139 heavy (non-hydrogen) atoms. The molecule has 20 fully saturated rings. The van der Waals surface area contributed by atoms with E-state index in [1.54, 1.807) is 13.8 Å². The van der Waals surface area contributed by atoms with Crippen LogP contribution < -0.4 is 0 Å². The summed E-state index contributed by atoms with van der Waals surface area (Å²) in [5, 5.41) is 88.6. The van der Waals surface area contributed by atoms with Crippen molar-refractivity contribution < 1.29 is 49.6 Å². The second-order valence-corrected chi connectivity index (χ2v) is 62.6. The van der Waals surface area contributed by atoms with E-state index in [1.165, 1.54) is 218 Å². The highest BCUT2D eigenvalue weighted by Crippen LogP contribution is 2.76. The molecule has 10 heteroatoms. The number of fused-ring (bicyclic) bond motifs is 20. The van der Waals surface area contributed by atoms with Crippen LogP contribution in [0.4, 0.5) is 8.78 Å². The molecule has 0 saturated heterocycles. The largest absolute Gasteiger partial charge is 0.390 e. The van der Waals surface area contributed by atoms with Crippen LogP contribution in [0, 0.1) is 196 Å². The molecule has 0 bridgehead atoms. The van der Waals surface area contributed by atoms with E-state index in [9.17, 15) is 49.6 Å². The van der Waals surface area contributed by atoms with Crippen LogP contribution >= 0.6 is 0 Å². The average Bonchev–Trinajstić information content (AvgIpc) is 1.65. The fourth-order valence-electron chi connectivity index (χ4n) is 43.1. The number of rotatable bonds is 18. The van der Waals surface area contributed by atoms with Crippen LogP contribution in [0.15, 0.2) is 0 Å². The lowest BCUT2D eigenvalue weighted by molar-refractivity contribution is -0.153. The Balaban J connectivity index is 0.000000134. The Hall–Kier alpha value is -0.460. The molecular formula is C129H226F2O8. The summed E-state index contributed by atoms with van der Waals surface area (Å²) < 4.78 is 28.6. The molecule has 0 aromatic heterocycles. The van der Waals surface area contributed by atoms with Crippen molar-refractivity contribution in [2.24, 2.45) is 196 Å². The highest BCUT2D eigenvalue weighted by Gasteiger charge is 2.68. The van der Waals surface area contributed by atoms with Crippen molar-refractivity contribution in [2.45, 2.75) is 614 Å². The van der Waals surface area contributed by atoms with Crippen LogP contribution in [0.5, 0.6) is 0 Å². The standard InChI is InChI=1S/C33H58O2.C32H55FO2.C32H56O2.C31H53FO2.CH4/c1-7-32(34)21-18-30(5)24(22-32)8-9-25-27-11-10-26(31(27,6)14-13-28(25)30)23(2)12-15-33(35)19-16-29(3,4)17-20-33;1-6-31(34)20-17-29(4)23(21-31)7-8-24-26-10-9-25(30(26,5)13-12-27(24)29)22(2)11-14-32(35)18-15-28(3,33)16-19-32;1-22(11-14-32(34)19-15-28(2,3)16-20-32)25-9-10-26-24-8-7-23-21-29(4,33)17-18-30(23,5)27(24)12-13-31(25,26)6;1-21(10-13-31(34)18-14-27(2,32)15-19-31)24-8-9-25-23-7-6-22-20-28(3,33)16-17-29(22,4)26(23)11-12-30(24,25)5;/h23-28,34-35H,7-22H2,1-6H3;22-27,34-35H,6-21H2,1-5H3;22-27,33-34H,7-21H2,1-6H3;21-26,33-34H,6-20H2,1-5H3;1H4/t23-,24+,25+,26-,27+,28+,30+,31-,32+;22-,23+,24+,25-,26+,27+,28?,29+,30-,31+,32?;22-,23+,24+,25-,26+,27+,29+,30+,31-;21-,22+,23+,24-,25+,26+,27?,28+,29+,30-,31?;/m1111./s1. The maximum Gasteiger partial charge on any atom is 0.108 e. The Kier molecular flexibility index (Phi) is 31.9. The van der Waals surface area contributed by atoms with E-state index >= 15 is 0 Å². The van der Waals surface area contributed by atoms with Crippen LogP contribution in [0.1, 0.15) is 558 Å². The van der Waals surface area contributed by atoms with Gasteiger partial charge in [-0.05, 0) is 622 Å². The Morgan fingerprint density at radius 2 is 0.417 bits per heavy atom. The zero-order valence-corrected chi connectivity index (χ0v) is 94.0. The summed E-state index contributed by atoms with van der Waals surface area (Å²) in [6.45, 7) is 52.5. The first kappa shape index (κ1) is 111. The van der Waals surface area contributed by atoms with Gasteiger partial charge in [0.2, 0.25) is 0 Å². The molecule has 0 heterocycles. The van der Waals surface area contributed by atoms with Gasteiger partial charge in [-0.15, -0.1) is 0 Å². The van der Waals surface area contributed by atoms with Gasteiger partial charge < -0.3 is 40.9 Å². The summed E-state index contributed by atoms with van der Waals surface area (Å²) in [6, 6.07) is 0. The summed E-state index contributed by atoms with van der Waals surface area (Å²) in [7, 11) is 0. The zero-order valence-electron chi connectivity index (χ0n) is 94.0. The SMILES string of the molecule is C.CC[C@]1(O)CC[C@@]2(C)[C@@H](CC[C@@H]3[C@@H]2CC[C@]2(C)[C@@H]([C@H](C)CCC4(O)CCC(C)(C)CC4)CC[C@@H]32)C1.CC[C@]1(O)CC[C@@]2(C)[C@@H](CC[C@@H]3[C@@H]2CC[C@]2(C)[C@@H]([C@H](C)CCC4(O)CCC(C)(F)CC4)CC[C@@H]32)C1.C[C@H](CCC1(O)CCC(C)(C)CC1)[C@H]1CC[C@H]2[C@@H]3CC[C@H]4C[C@@](C)(O)CC[C@]4(C)[C@H]3CC[C@]12C.C[C@H](CCC1(O)CCC(C)(F)CC1)[C@H]1CC[C@H]2[C@@H]3CC[C@H]4C[C@@](C)(O)CC[C@]4(C)[C@H]3CC[C@]12C. The normalized spacial score (nSPS) is 52.5. The first-order valence-corrected chi connectivity index (χ1v) is 61.4. The van der Waals surface area contributed by atoms with E-state index in [1.807, 2.05) is 0 Å². The Labute approximate surface area is 854 Å². The zero-order chi connectivity index (χ0) is 99.7. The lowest BCUT2D eigenvalue weighted by atomic mass is 9.43. The molecule has 20 aliphatic carbocycles. The van der Waals surface area contributed by atoms with Gasteiger partial charge in [0.15, 0.2) is 0 Å². The van der Waals surface area contributed by atoms with Crippen molar-refractivity contribution in [2.75, 3.05) is 0 Å². The highest BCUT2D eigenvalue weighted by molar-refractivity contribution is 5.18. The first-order chi connectivity index (χ1) is 64.2. The van der Waals surface area contributed by atoms with Crippen LogP contribution in [-0.4, -0.2) is 97.0 Å². The molecule has 0 aliphatic heterocycles. The molecule has 0 radical (unpaired) electrons. The fourth-order valence-corrected chi connectivity index (χ4v) is 43.1. The number of alkyl halides is 2. The van der Waals surface area contributed by atoms with Crippen molar-refractivity contribution in [3.05, 3.63) is 0 Å². The van der Waals surface area contributed by atoms with Gasteiger partial charge in [0, 0.05) is 0 Å². The lowest BCUT2D eigenvalue weighted by Gasteiger charge is -2.62. The predicted octanol–water partition coefficient (Wildman–Crippen LogP) is 33.4. The topological polar surface area (TPSA) is 162 Å². The van der Waals surface area contributed by atoms with Gasteiger partial charge in [-0.2, -0.15) is 0 Å². The van der Waals surface area contributed by atoms with E-state index in [-0.39, 0.29) is 13.0 Å². The number of hydrogen-bond acceptors (Lipinski definition) is 8. The van der Waals surface area contributed by atoms with Crippen molar-refractivity contribution in [3.63, 3.8) is 0 Å². The first-order valence-electron chi connectivity index (χ1n) is 61.4. The minimum Gasteiger partial charge on any atom is -0.390 e. The maximum atomic E-state index is 14.3. The second-order valence-electron chi connectivity index (χ2n) is 62.6. The molecule has 8 nitrogen and oxygen atoms in total. The van der Waals surface area contributed by atoms with E-state index in [4.69, 9.17) is 0 Å². The van der Waals surface area contributed by atoms with Gasteiger partial charge in [-0.25, -0.2) is 8.78 Å². The lowest BCUT2D eigenvalue weighted by Crippen LogP contribution is -2.56. The van der Waals surface area contributed by atoms with Gasteiger partial charge in [0.05, 0.1) is 44.8 Å². The third-order valence-electron chi connectivity index (χ3n) is 53.7. The molecule has 0 unspecified atom stereocenters. The Morgan fingerprint density at radius 3 is 0.647 bits per heavy atom. The molecular weight excluding hydrogens is 1720 g/mol. The minimum absolute atomic E-state index is 0. The van der Waals surface area contributed by atoms with E-state index in [0.29, 0.717) is 129 Å². The number of aliphatic hydroxyl groups is 8. The summed E-state index contributed by atoms with van der Waals surface area (Å²) >= 11 is 0. The van der Waals surface area contributed by atoms with Crippen molar-refractivity contribution in [1.29, 1.82) is 0 Å². The van der Waals surface area contributed by atoms with E-state index in [0.717, 1.165) is 247 Å². The van der Waals surface area contributed by atoms with Crippen LogP contribution in [0.25, 0.3) is 0 Å². The molecule has 36 atom stereocenters. The molecule has 20 rings (SSSR count). The smallest absolute Gasteiger partial charge is 0.108 e. The molecule has 20 aliphatic rings. The predicted molar refractivity (Wildman–Crippen MR) is 573 cm³/mol. The van der Waals surface area contributed by atoms with Crippen LogP contribution in [0.2, 0.25) is 0 Å². The Morgan fingerprint density at radius 1 is 0.216 bits per heavy atom. The Bertz CT molecular complexity index is 3790. The third kappa shape index (κ3) is 21.7. The summed E-state index contributed by atoms with van der Waals surface area (Å²) in [6.07, 6.45) is 70.1. The number of halogens is 2. The highest BCUT2D eigenvalue weighted by atomic mass is 19.1. The van der Waals surface area contributed by atoms with Gasteiger partial charge in [0.1, 0.15) is 11.3 Å². The molecule has 804 valence electrons. The van der Waals surface area contributed by atoms with Crippen molar-refractivity contribution in [1.82, 2.24) is 0 Å². The third-order valence-corrected chi connectivity index (χ3v) is 53.7. The van der Waals surface area contributed by atoms with Crippen molar-refractivity contribution in [3.8, 4) is 0 Å². The molecule has 0 aromatic rings. The average molecular weight is 1940 g/mol. The van der Waals surface area contributed by atoms with Crippen molar-refractivity contribution >= 4 is 0 Å². The monoisotopic (exact) mass is 1940 g/mol. The second kappa shape index (κ2) is 39.9. The number of hydrogen-bond donors (Lipinski definition) is 8. The van der Waals surface area contributed by atoms with Gasteiger partial charge in [-0.3, -0.25) is 0 Å². The van der Waals surface area contributed by atoms with Crippen LogP contribution in [-0.2, 0) is 0 Å². The van der Waals surface area contributed by atoms with Gasteiger partial charge >= 0.3 is 0 Å². The summed E-state index contributed by atoms with van der Waals surface area (Å²) in [5.74, 6) is 19.5. The van der Waals surface area contributed by atoms with Gasteiger partial charge in [0.25, 0.3) is 0 Å². The molecule has 0 amide bonds. The molecule has 8 N–H and O–H groups in total. The molecule has 0 aromatic carbocycles. The molecule has 20 saturated carbocycles. The molecule has 0 spiro atoms. The summed E-state index contributed by atoms with van der Waals surface area (Å²) in [4.78, 5) is 0. The van der Waals surface area contributed by atoms with E-state index in [2.05, 4.69) is 138 Å². The minimum atomic E-state index is -1.08. The van der Waals surface area contributed by atoms with Gasteiger partial charge in [-0.1, -0.05) is 132 Å². The maximum absolute atomic E-state index is 14.3. The van der Waals surface area contributed by atoms with Crippen LogP contribution in [0.3, 0.4) is 0 Å². The van der Waals surface area contributed by atoms with E-state index < -0.39 is 50.5 Å². The fraction of sp³-hybridized carbons (Fsp3) is 1.00. The quantitative estimate of drug-likeness (QED) is 0.0673. The summed E-state index contributed by atoms with van der Waals surface area (Å²) in [5.41, 5.74) is -1.28.